The smallest absolute Gasteiger partial charge is 0.312 e. The molecular formula is C20H26N4O2. The molecule has 138 valence electrons. The van der Waals surface area contributed by atoms with Crippen molar-refractivity contribution in [3.63, 3.8) is 0 Å². The molecule has 0 heterocycles. The van der Waals surface area contributed by atoms with Gasteiger partial charge in [-0.25, -0.2) is 4.79 Å². The maximum absolute atomic E-state index is 12.6. The van der Waals surface area contributed by atoms with Crippen LogP contribution < -0.4 is 21.5 Å². The molecule has 26 heavy (non-hydrogen) atoms. The Bertz CT molecular complexity index is 759. The second kappa shape index (κ2) is 8.89. The molecule has 1 atom stereocenters. The Labute approximate surface area is 154 Å². The average molecular weight is 354 g/mol. The quantitative estimate of drug-likeness (QED) is 0.668. The van der Waals surface area contributed by atoms with E-state index in [0.717, 1.165) is 22.4 Å². The van der Waals surface area contributed by atoms with E-state index in [0.29, 0.717) is 6.54 Å². The number of urea groups is 1. The fourth-order valence-corrected chi connectivity index (χ4v) is 2.74. The Hall–Kier alpha value is -3.02. The van der Waals surface area contributed by atoms with Crippen molar-refractivity contribution < 1.29 is 9.59 Å². The van der Waals surface area contributed by atoms with Crippen molar-refractivity contribution in [2.24, 2.45) is 5.73 Å². The van der Waals surface area contributed by atoms with Crippen LogP contribution in [-0.2, 0) is 4.79 Å². The molecule has 0 aromatic heterocycles. The lowest BCUT2D eigenvalue weighted by Crippen LogP contribution is -2.44. The SMILES string of the molecule is CCN(NC(=O)C[C@H](NC(N)=O)c1cccc(C)c1)c1ccc(C)cc1. The summed E-state index contributed by atoms with van der Waals surface area (Å²) in [7, 11) is 0. The van der Waals surface area contributed by atoms with Crippen molar-refractivity contribution >= 4 is 17.6 Å². The first kappa shape index (κ1) is 19.3. The highest BCUT2D eigenvalue weighted by molar-refractivity contribution is 5.80. The Balaban J connectivity index is 2.10. The van der Waals surface area contributed by atoms with Gasteiger partial charge in [-0.2, -0.15) is 0 Å². The molecule has 0 bridgehead atoms. The molecule has 6 nitrogen and oxygen atoms in total. The number of hydrazine groups is 1. The van der Waals surface area contributed by atoms with Crippen LogP contribution in [0.25, 0.3) is 0 Å². The van der Waals surface area contributed by atoms with Gasteiger partial charge >= 0.3 is 6.03 Å². The minimum Gasteiger partial charge on any atom is -0.352 e. The fourth-order valence-electron chi connectivity index (χ4n) is 2.74. The van der Waals surface area contributed by atoms with E-state index < -0.39 is 12.1 Å². The minimum atomic E-state index is -0.657. The topological polar surface area (TPSA) is 87.5 Å². The number of primary amides is 1. The van der Waals surface area contributed by atoms with E-state index in [1.807, 2.05) is 69.3 Å². The third-order valence-electron chi connectivity index (χ3n) is 4.07. The lowest BCUT2D eigenvalue weighted by Gasteiger charge is -2.25. The summed E-state index contributed by atoms with van der Waals surface area (Å²) < 4.78 is 0. The van der Waals surface area contributed by atoms with Crippen LogP contribution in [-0.4, -0.2) is 18.5 Å². The molecule has 4 N–H and O–H groups in total. The highest BCUT2D eigenvalue weighted by Crippen LogP contribution is 2.19. The number of benzene rings is 2. The zero-order valence-corrected chi connectivity index (χ0v) is 15.5. The van der Waals surface area contributed by atoms with E-state index in [1.54, 1.807) is 5.01 Å². The molecule has 0 aliphatic carbocycles. The number of nitrogens with two attached hydrogens (primary N) is 1. The van der Waals surface area contributed by atoms with E-state index in [-0.39, 0.29) is 12.3 Å². The van der Waals surface area contributed by atoms with Crippen LogP contribution in [0.5, 0.6) is 0 Å². The summed E-state index contributed by atoms with van der Waals surface area (Å²) in [6.45, 7) is 6.55. The van der Waals surface area contributed by atoms with Crippen molar-refractivity contribution in [1.29, 1.82) is 0 Å². The van der Waals surface area contributed by atoms with Crippen LogP contribution in [0.3, 0.4) is 0 Å². The summed E-state index contributed by atoms with van der Waals surface area (Å²) in [5, 5.41) is 4.43. The van der Waals surface area contributed by atoms with E-state index in [2.05, 4.69) is 10.7 Å². The monoisotopic (exact) mass is 354 g/mol. The maximum Gasteiger partial charge on any atom is 0.312 e. The summed E-state index contributed by atoms with van der Waals surface area (Å²) in [4.78, 5) is 23.9. The van der Waals surface area contributed by atoms with Crippen LogP contribution in [0, 0.1) is 13.8 Å². The van der Waals surface area contributed by atoms with Gasteiger partial charge in [0.25, 0.3) is 0 Å². The largest absolute Gasteiger partial charge is 0.352 e. The summed E-state index contributed by atoms with van der Waals surface area (Å²) in [6, 6.07) is 14.4. The standard InChI is InChI=1S/C20H26N4O2/c1-4-24(17-10-8-14(2)9-11-17)23-19(25)13-18(22-20(21)26)16-7-5-6-15(3)12-16/h5-12,18H,4,13H2,1-3H3,(H,23,25)(H3,21,22,26)/t18-/m0/s1. The second-order valence-corrected chi connectivity index (χ2v) is 6.29. The van der Waals surface area contributed by atoms with E-state index in [4.69, 9.17) is 5.73 Å². The molecule has 0 aliphatic heterocycles. The molecule has 0 fully saturated rings. The Morgan fingerprint density at radius 1 is 1.08 bits per heavy atom. The second-order valence-electron chi connectivity index (χ2n) is 6.29. The zero-order valence-electron chi connectivity index (χ0n) is 15.5. The summed E-state index contributed by atoms with van der Waals surface area (Å²) in [5.74, 6) is -0.201. The Morgan fingerprint density at radius 2 is 1.77 bits per heavy atom. The molecule has 2 aromatic carbocycles. The number of anilines is 1. The third-order valence-corrected chi connectivity index (χ3v) is 4.07. The van der Waals surface area contributed by atoms with Gasteiger partial charge in [0, 0.05) is 6.54 Å². The molecule has 2 aromatic rings. The first-order valence-electron chi connectivity index (χ1n) is 8.65. The molecule has 0 saturated carbocycles. The van der Waals surface area contributed by atoms with Crippen LogP contribution in [0.1, 0.15) is 36.1 Å². The number of rotatable bonds is 7. The first-order valence-corrected chi connectivity index (χ1v) is 8.65. The number of carbonyl (C=O) groups is 2. The Kier molecular flexibility index (Phi) is 6.60. The van der Waals surface area contributed by atoms with Crippen LogP contribution in [0.4, 0.5) is 10.5 Å². The number of amides is 3. The van der Waals surface area contributed by atoms with Gasteiger partial charge in [-0.05, 0) is 38.5 Å². The highest BCUT2D eigenvalue weighted by Gasteiger charge is 2.19. The average Bonchev–Trinajstić information content (AvgIpc) is 2.59. The molecule has 0 unspecified atom stereocenters. The van der Waals surface area contributed by atoms with Crippen molar-refractivity contribution in [1.82, 2.24) is 10.7 Å². The van der Waals surface area contributed by atoms with Gasteiger partial charge in [-0.3, -0.25) is 15.2 Å². The molecular weight excluding hydrogens is 328 g/mol. The van der Waals surface area contributed by atoms with Crippen LogP contribution in [0.15, 0.2) is 48.5 Å². The summed E-state index contributed by atoms with van der Waals surface area (Å²) in [6.07, 6.45) is 0.0920. The maximum atomic E-state index is 12.6. The normalized spacial score (nSPS) is 11.5. The molecule has 0 aliphatic rings. The van der Waals surface area contributed by atoms with E-state index in [1.165, 1.54) is 0 Å². The molecule has 0 radical (unpaired) electrons. The van der Waals surface area contributed by atoms with Gasteiger partial charge in [0.2, 0.25) is 5.91 Å². The van der Waals surface area contributed by atoms with Gasteiger partial charge in [0.05, 0.1) is 18.2 Å². The van der Waals surface area contributed by atoms with Crippen molar-refractivity contribution in [2.45, 2.75) is 33.2 Å². The summed E-state index contributed by atoms with van der Waals surface area (Å²) >= 11 is 0. The number of hydrogen-bond donors (Lipinski definition) is 3. The van der Waals surface area contributed by atoms with Gasteiger partial charge in [0.15, 0.2) is 0 Å². The molecule has 6 heteroatoms. The van der Waals surface area contributed by atoms with Gasteiger partial charge in [-0.1, -0.05) is 47.5 Å². The van der Waals surface area contributed by atoms with Crippen molar-refractivity contribution in [3.8, 4) is 0 Å². The predicted octanol–water partition coefficient (Wildman–Crippen LogP) is 2.96. The van der Waals surface area contributed by atoms with Crippen LogP contribution in [0.2, 0.25) is 0 Å². The summed E-state index contributed by atoms with van der Waals surface area (Å²) in [5.41, 5.74) is 12.1. The van der Waals surface area contributed by atoms with Crippen molar-refractivity contribution in [2.75, 3.05) is 11.6 Å². The Morgan fingerprint density at radius 3 is 2.35 bits per heavy atom. The molecule has 0 spiro atoms. The number of hydrogen-bond acceptors (Lipinski definition) is 3. The van der Waals surface area contributed by atoms with Gasteiger partial charge < -0.3 is 11.1 Å². The van der Waals surface area contributed by atoms with Crippen LogP contribution >= 0.6 is 0 Å². The van der Waals surface area contributed by atoms with E-state index >= 15 is 0 Å². The lowest BCUT2D eigenvalue weighted by atomic mass is 10.0. The highest BCUT2D eigenvalue weighted by atomic mass is 16.2. The predicted molar refractivity (Wildman–Crippen MR) is 104 cm³/mol. The number of nitrogens with zero attached hydrogens (tertiary/aromatic N) is 1. The minimum absolute atomic E-state index is 0.0920. The number of carbonyl (C=O) groups excluding carboxylic acids is 2. The first-order chi connectivity index (χ1) is 12.4. The van der Waals surface area contributed by atoms with E-state index in [9.17, 15) is 9.59 Å². The molecule has 2 rings (SSSR count). The number of aryl methyl sites for hydroxylation is 2. The lowest BCUT2D eigenvalue weighted by molar-refractivity contribution is -0.121. The van der Waals surface area contributed by atoms with Gasteiger partial charge in [0.1, 0.15) is 0 Å². The van der Waals surface area contributed by atoms with Crippen molar-refractivity contribution in [3.05, 3.63) is 65.2 Å². The molecule has 0 saturated heterocycles. The third kappa shape index (κ3) is 5.51. The van der Waals surface area contributed by atoms with Gasteiger partial charge in [-0.15, -0.1) is 0 Å². The fraction of sp³-hybridized carbons (Fsp3) is 0.300. The zero-order chi connectivity index (χ0) is 19.1. The number of nitrogens with one attached hydrogen (secondary N) is 2. The molecule has 3 amide bonds.